The third kappa shape index (κ3) is 5.37. The maximum absolute atomic E-state index is 12.6. The van der Waals surface area contributed by atoms with Gasteiger partial charge in [0.25, 0.3) is 15.9 Å². The number of amides is 1. The summed E-state index contributed by atoms with van der Waals surface area (Å²) in [4.78, 5) is 12.6. The molecule has 0 radical (unpaired) electrons. The molecule has 3 aromatic rings. The molecule has 150 valence electrons. The summed E-state index contributed by atoms with van der Waals surface area (Å²) >= 11 is 5.83. The summed E-state index contributed by atoms with van der Waals surface area (Å²) in [6, 6.07) is 18.7. The van der Waals surface area contributed by atoms with Crippen LogP contribution in [0.4, 0.5) is 5.69 Å². The van der Waals surface area contributed by atoms with Gasteiger partial charge in [-0.2, -0.15) is 0 Å². The van der Waals surface area contributed by atoms with E-state index in [4.69, 9.17) is 11.6 Å². The highest BCUT2D eigenvalue weighted by Gasteiger charge is 2.16. The van der Waals surface area contributed by atoms with Gasteiger partial charge in [-0.15, -0.1) is 0 Å². The molecule has 0 unspecified atom stereocenters. The SMILES string of the molecule is Cc1cccc(CNC(=O)c2ccc(C)c(NS(=O)(=O)c3ccc(Cl)cc3)c2)c1. The summed E-state index contributed by atoms with van der Waals surface area (Å²) in [7, 11) is -3.80. The van der Waals surface area contributed by atoms with Crippen LogP contribution in [0, 0.1) is 13.8 Å². The summed E-state index contributed by atoms with van der Waals surface area (Å²) in [6.45, 7) is 4.15. The average molecular weight is 429 g/mol. The molecule has 29 heavy (non-hydrogen) atoms. The number of aryl methyl sites for hydroxylation is 2. The summed E-state index contributed by atoms with van der Waals surface area (Å²) in [6.07, 6.45) is 0. The standard InChI is InChI=1S/C22H21ClN2O3S/c1-15-4-3-5-17(12-15)14-24-22(26)18-7-6-16(2)21(13-18)25-29(27,28)20-10-8-19(23)9-11-20/h3-13,25H,14H2,1-2H3,(H,24,26). The number of hydrogen-bond donors (Lipinski definition) is 2. The lowest BCUT2D eigenvalue weighted by atomic mass is 10.1. The number of benzene rings is 3. The van der Waals surface area contributed by atoms with Crippen molar-refractivity contribution in [1.82, 2.24) is 5.32 Å². The molecule has 2 N–H and O–H groups in total. The average Bonchev–Trinajstić information content (AvgIpc) is 2.68. The monoisotopic (exact) mass is 428 g/mol. The van der Waals surface area contributed by atoms with Crippen molar-refractivity contribution in [2.75, 3.05) is 4.72 Å². The first-order valence-corrected chi connectivity index (χ1v) is 10.8. The van der Waals surface area contributed by atoms with E-state index in [9.17, 15) is 13.2 Å². The third-order valence-electron chi connectivity index (χ3n) is 4.40. The van der Waals surface area contributed by atoms with E-state index in [2.05, 4.69) is 10.0 Å². The van der Waals surface area contributed by atoms with Crippen LogP contribution in [0.1, 0.15) is 27.0 Å². The highest BCUT2D eigenvalue weighted by molar-refractivity contribution is 7.92. The molecule has 0 aliphatic heterocycles. The van der Waals surface area contributed by atoms with Gasteiger partial charge in [0.15, 0.2) is 0 Å². The Kier molecular flexibility index (Phi) is 6.25. The van der Waals surface area contributed by atoms with Gasteiger partial charge in [0.2, 0.25) is 0 Å². The molecular formula is C22H21ClN2O3S. The molecule has 3 rings (SSSR count). The van der Waals surface area contributed by atoms with Crippen molar-refractivity contribution in [2.45, 2.75) is 25.3 Å². The Bertz CT molecular complexity index is 1140. The predicted octanol–water partition coefficient (Wildman–Crippen LogP) is 4.69. The number of hydrogen-bond acceptors (Lipinski definition) is 3. The van der Waals surface area contributed by atoms with Crippen molar-refractivity contribution >= 4 is 33.2 Å². The fourth-order valence-corrected chi connectivity index (χ4v) is 4.04. The van der Waals surface area contributed by atoms with Crippen LogP contribution in [0.3, 0.4) is 0 Å². The maximum Gasteiger partial charge on any atom is 0.261 e. The first kappa shape index (κ1) is 20.9. The number of nitrogens with one attached hydrogen (secondary N) is 2. The largest absolute Gasteiger partial charge is 0.348 e. The summed E-state index contributed by atoms with van der Waals surface area (Å²) in [5.74, 6) is -0.279. The Morgan fingerprint density at radius 1 is 0.966 bits per heavy atom. The molecule has 0 aliphatic carbocycles. The number of carbonyl (C=O) groups excluding carboxylic acids is 1. The fourth-order valence-electron chi connectivity index (χ4n) is 2.80. The maximum atomic E-state index is 12.6. The molecule has 5 nitrogen and oxygen atoms in total. The van der Waals surface area contributed by atoms with Gasteiger partial charge in [-0.05, 0) is 61.4 Å². The van der Waals surface area contributed by atoms with Gasteiger partial charge in [-0.3, -0.25) is 9.52 Å². The smallest absolute Gasteiger partial charge is 0.261 e. The minimum atomic E-state index is -3.80. The van der Waals surface area contributed by atoms with Crippen LogP contribution in [-0.2, 0) is 16.6 Å². The Labute approximate surface area is 175 Å². The van der Waals surface area contributed by atoms with Gasteiger partial charge in [-0.1, -0.05) is 47.5 Å². The number of anilines is 1. The van der Waals surface area contributed by atoms with E-state index < -0.39 is 10.0 Å². The van der Waals surface area contributed by atoms with Gasteiger partial charge in [0.05, 0.1) is 10.6 Å². The summed E-state index contributed by atoms with van der Waals surface area (Å²) in [5, 5.41) is 3.31. The number of carbonyl (C=O) groups is 1. The van der Waals surface area contributed by atoms with E-state index in [1.807, 2.05) is 31.2 Å². The topological polar surface area (TPSA) is 75.3 Å². The Hall–Kier alpha value is -2.83. The van der Waals surface area contributed by atoms with Crippen LogP contribution in [0.25, 0.3) is 0 Å². The van der Waals surface area contributed by atoms with E-state index in [0.717, 1.165) is 11.1 Å². The Morgan fingerprint density at radius 3 is 2.38 bits per heavy atom. The van der Waals surface area contributed by atoms with Gasteiger partial charge < -0.3 is 5.32 Å². The summed E-state index contributed by atoms with van der Waals surface area (Å²) in [5.41, 5.74) is 3.54. The van der Waals surface area contributed by atoms with Crippen LogP contribution in [0.15, 0.2) is 71.6 Å². The Morgan fingerprint density at radius 2 is 1.69 bits per heavy atom. The van der Waals surface area contributed by atoms with Gasteiger partial charge in [0, 0.05) is 17.1 Å². The molecule has 0 aromatic heterocycles. The lowest BCUT2D eigenvalue weighted by Gasteiger charge is -2.13. The molecule has 0 aliphatic rings. The second-order valence-corrected chi connectivity index (χ2v) is 8.88. The van der Waals surface area contributed by atoms with Gasteiger partial charge in [0.1, 0.15) is 0 Å². The first-order chi connectivity index (χ1) is 13.7. The van der Waals surface area contributed by atoms with Crippen LogP contribution in [0.5, 0.6) is 0 Å². The normalized spacial score (nSPS) is 11.1. The fraction of sp³-hybridized carbons (Fsp3) is 0.136. The quantitative estimate of drug-likeness (QED) is 0.598. The zero-order valence-corrected chi connectivity index (χ0v) is 17.6. The van der Waals surface area contributed by atoms with Crippen molar-refractivity contribution < 1.29 is 13.2 Å². The van der Waals surface area contributed by atoms with Crippen LogP contribution >= 0.6 is 11.6 Å². The van der Waals surface area contributed by atoms with Crippen LogP contribution < -0.4 is 10.0 Å². The molecule has 1 amide bonds. The molecule has 0 saturated heterocycles. The van der Waals surface area contributed by atoms with Crippen LogP contribution in [-0.4, -0.2) is 14.3 Å². The molecule has 0 saturated carbocycles. The molecule has 0 atom stereocenters. The highest BCUT2D eigenvalue weighted by Crippen LogP contribution is 2.22. The minimum Gasteiger partial charge on any atom is -0.348 e. The van der Waals surface area contributed by atoms with Crippen molar-refractivity contribution in [2.24, 2.45) is 0 Å². The number of sulfonamides is 1. The van der Waals surface area contributed by atoms with Gasteiger partial charge in [-0.25, -0.2) is 8.42 Å². The molecule has 0 fully saturated rings. The zero-order chi connectivity index (χ0) is 21.0. The van der Waals surface area contributed by atoms with Crippen molar-refractivity contribution in [3.05, 3.63) is 94.0 Å². The Balaban J connectivity index is 1.76. The number of rotatable bonds is 6. The lowest BCUT2D eigenvalue weighted by Crippen LogP contribution is -2.23. The lowest BCUT2D eigenvalue weighted by molar-refractivity contribution is 0.0951. The first-order valence-electron chi connectivity index (χ1n) is 8.97. The van der Waals surface area contributed by atoms with Crippen molar-refractivity contribution in [3.8, 4) is 0 Å². The second kappa shape index (κ2) is 8.68. The minimum absolute atomic E-state index is 0.0932. The molecule has 0 heterocycles. The van der Waals surface area contributed by atoms with E-state index in [1.54, 1.807) is 19.1 Å². The zero-order valence-electron chi connectivity index (χ0n) is 16.1. The number of halogens is 1. The highest BCUT2D eigenvalue weighted by atomic mass is 35.5. The molecule has 7 heteroatoms. The van der Waals surface area contributed by atoms with Crippen molar-refractivity contribution in [1.29, 1.82) is 0 Å². The van der Waals surface area contributed by atoms with E-state index in [0.29, 0.717) is 28.4 Å². The van der Waals surface area contributed by atoms with Gasteiger partial charge >= 0.3 is 0 Å². The molecule has 3 aromatic carbocycles. The molecule has 0 spiro atoms. The van der Waals surface area contributed by atoms with E-state index in [-0.39, 0.29) is 10.8 Å². The molecule has 0 bridgehead atoms. The van der Waals surface area contributed by atoms with E-state index >= 15 is 0 Å². The second-order valence-electron chi connectivity index (χ2n) is 6.76. The third-order valence-corrected chi connectivity index (χ3v) is 6.04. The predicted molar refractivity (Wildman–Crippen MR) is 116 cm³/mol. The summed E-state index contributed by atoms with van der Waals surface area (Å²) < 4.78 is 27.8. The van der Waals surface area contributed by atoms with Crippen LogP contribution in [0.2, 0.25) is 5.02 Å². The van der Waals surface area contributed by atoms with Crippen molar-refractivity contribution in [3.63, 3.8) is 0 Å². The van der Waals surface area contributed by atoms with E-state index in [1.165, 1.54) is 30.3 Å². The molecular weight excluding hydrogens is 408 g/mol.